The molecule has 1 unspecified atom stereocenters. The predicted octanol–water partition coefficient (Wildman–Crippen LogP) is 3.94. The zero-order valence-corrected chi connectivity index (χ0v) is 9.99. The number of hydrogen-bond acceptors (Lipinski definition) is 2. The topological polar surface area (TPSA) is 30.2 Å². The molecule has 16 heavy (non-hydrogen) atoms. The maximum atomic E-state index is 11.5. The van der Waals surface area contributed by atoms with Crippen LogP contribution in [0.5, 0.6) is 0 Å². The molecule has 84 valence electrons. The van der Waals surface area contributed by atoms with Crippen LogP contribution < -0.4 is 0 Å². The number of rotatable bonds is 3. The molecular weight excluding hydrogens is 224 g/mol. The summed E-state index contributed by atoms with van der Waals surface area (Å²) in [7, 11) is 0. The van der Waals surface area contributed by atoms with Crippen molar-refractivity contribution < 1.29 is 9.21 Å². The van der Waals surface area contributed by atoms with Crippen LogP contribution in [0.2, 0.25) is 0 Å². The van der Waals surface area contributed by atoms with Crippen LogP contribution in [0, 0.1) is 5.92 Å². The quantitative estimate of drug-likeness (QED) is 0.756. The fourth-order valence-electron chi connectivity index (χ4n) is 1.98. The fraction of sp³-hybridized carbons (Fsp3) is 0.308. The van der Waals surface area contributed by atoms with Gasteiger partial charge in [0, 0.05) is 10.9 Å². The number of para-hydroxylation sites is 1. The Bertz CT molecular complexity index is 513. The molecule has 0 aliphatic heterocycles. The first-order valence-electron chi connectivity index (χ1n) is 5.26. The molecule has 2 aromatic rings. The first kappa shape index (κ1) is 11.2. The van der Waals surface area contributed by atoms with Gasteiger partial charge in [0.25, 0.3) is 0 Å². The lowest BCUT2D eigenvalue weighted by Gasteiger charge is -2.14. The first-order chi connectivity index (χ1) is 7.61. The molecule has 0 amide bonds. The number of carbonyl (C=O) groups is 1. The molecule has 2 rings (SSSR count). The molecule has 1 aromatic carbocycles. The number of carbonyl (C=O) groups excluding carboxylic acids is 1. The smallest absolute Gasteiger partial charge is 0.229 e. The average molecular weight is 237 g/mol. The van der Waals surface area contributed by atoms with Crippen LogP contribution in [-0.4, -0.2) is 5.24 Å². The maximum Gasteiger partial charge on any atom is 0.229 e. The Morgan fingerprint density at radius 2 is 2.00 bits per heavy atom. The van der Waals surface area contributed by atoms with Gasteiger partial charge in [0.15, 0.2) is 0 Å². The van der Waals surface area contributed by atoms with Crippen molar-refractivity contribution in [2.45, 2.75) is 19.8 Å². The van der Waals surface area contributed by atoms with Gasteiger partial charge in [-0.3, -0.25) is 4.79 Å². The second-order valence-electron chi connectivity index (χ2n) is 4.21. The van der Waals surface area contributed by atoms with Crippen LogP contribution in [0.1, 0.15) is 25.3 Å². The molecule has 3 heteroatoms. The molecule has 0 bridgehead atoms. The van der Waals surface area contributed by atoms with Crippen molar-refractivity contribution in [2.75, 3.05) is 0 Å². The van der Waals surface area contributed by atoms with E-state index in [0.29, 0.717) is 0 Å². The minimum absolute atomic E-state index is 0.158. The SMILES string of the molecule is CC(C)C(C(=O)Cl)c1coc2ccccc12. The minimum Gasteiger partial charge on any atom is -0.464 e. The van der Waals surface area contributed by atoms with E-state index in [4.69, 9.17) is 16.0 Å². The second kappa shape index (κ2) is 4.30. The molecule has 1 atom stereocenters. The number of fused-ring (bicyclic) bond motifs is 1. The highest BCUT2D eigenvalue weighted by Gasteiger charge is 2.25. The number of benzene rings is 1. The normalized spacial score (nSPS) is 13.2. The van der Waals surface area contributed by atoms with E-state index in [2.05, 4.69) is 0 Å². The van der Waals surface area contributed by atoms with Gasteiger partial charge in [0.1, 0.15) is 5.58 Å². The number of furan rings is 1. The van der Waals surface area contributed by atoms with Gasteiger partial charge in [-0.2, -0.15) is 0 Å². The molecule has 0 fully saturated rings. The Hall–Kier alpha value is -1.28. The van der Waals surface area contributed by atoms with Gasteiger partial charge in [-0.05, 0) is 23.6 Å². The summed E-state index contributed by atoms with van der Waals surface area (Å²) in [6.07, 6.45) is 1.63. The van der Waals surface area contributed by atoms with Crippen molar-refractivity contribution in [3.05, 3.63) is 36.1 Å². The van der Waals surface area contributed by atoms with Crippen molar-refractivity contribution in [3.63, 3.8) is 0 Å². The Balaban J connectivity index is 2.57. The lowest BCUT2D eigenvalue weighted by atomic mass is 9.89. The summed E-state index contributed by atoms with van der Waals surface area (Å²) in [5.41, 5.74) is 1.67. The van der Waals surface area contributed by atoms with Gasteiger partial charge in [-0.15, -0.1) is 0 Å². The van der Waals surface area contributed by atoms with Gasteiger partial charge < -0.3 is 4.42 Å². The van der Waals surface area contributed by atoms with E-state index >= 15 is 0 Å². The Labute approximate surface area is 99.2 Å². The van der Waals surface area contributed by atoms with Crippen LogP contribution in [0.4, 0.5) is 0 Å². The third-order valence-electron chi connectivity index (χ3n) is 2.76. The summed E-state index contributed by atoms with van der Waals surface area (Å²) < 4.78 is 5.42. The Kier molecular flexibility index (Phi) is 3.01. The van der Waals surface area contributed by atoms with E-state index < -0.39 is 0 Å². The van der Waals surface area contributed by atoms with E-state index in [1.165, 1.54) is 0 Å². The van der Waals surface area contributed by atoms with Crippen molar-refractivity contribution in [1.82, 2.24) is 0 Å². The van der Waals surface area contributed by atoms with Gasteiger partial charge in [-0.25, -0.2) is 0 Å². The van der Waals surface area contributed by atoms with Gasteiger partial charge in [0.2, 0.25) is 5.24 Å². The standard InChI is InChI=1S/C13H13ClO2/c1-8(2)12(13(14)15)10-7-16-11-6-4-3-5-9(10)11/h3-8,12H,1-2H3. The zero-order chi connectivity index (χ0) is 11.7. The van der Waals surface area contributed by atoms with E-state index in [1.807, 2.05) is 38.1 Å². The second-order valence-corrected chi connectivity index (χ2v) is 4.59. The molecule has 0 saturated carbocycles. The lowest BCUT2D eigenvalue weighted by Crippen LogP contribution is -2.12. The fourth-order valence-corrected chi connectivity index (χ4v) is 2.35. The molecule has 0 saturated heterocycles. The van der Waals surface area contributed by atoms with Crippen molar-refractivity contribution >= 4 is 27.8 Å². The summed E-state index contributed by atoms with van der Waals surface area (Å²) in [5.74, 6) is -0.142. The van der Waals surface area contributed by atoms with Crippen molar-refractivity contribution in [1.29, 1.82) is 0 Å². The van der Waals surface area contributed by atoms with E-state index in [-0.39, 0.29) is 17.1 Å². The third-order valence-corrected chi connectivity index (χ3v) is 2.99. The molecule has 1 aromatic heterocycles. The first-order valence-corrected chi connectivity index (χ1v) is 5.64. The van der Waals surface area contributed by atoms with E-state index in [0.717, 1.165) is 16.5 Å². The molecule has 0 aliphatic rings. The van der Waals surface area contributed by atoms with Crippen LogP contribution in [-0.2, 0) is 4.79 Å². The highest BCUT2D eigenvalue weighted by molar-refractivity contribution is 6.64. The Morgan fingerprint density at radius 1 is 1.31 bits per heavy atom. The molecule has 0 spiro atoms. The summed E-state index contributed by atoms with van der Waals surface area (Å²) in [5, 5.41) is 0.636. The third kappa shape index (κ3) is 1.85. The summed E-state index contributed by atoms with van der Waals surface area (Å²) in [6.45, 7) is 3.96. The average Bonchev–Trinajstić information content (AvgIpc) is 2.61. The van der Waals surface area contributed by atoms with Crippen LogP contribution in [0.25, 0.3) is 11.0 Å². The Morgan fingerprint density at radius 3 is 2.62 bits per heavy atom. The largest absolute Gasteiger partial charge is 0.464 e. The number of hydrogen-bond donors (Lipinski definition) is 0. The van der Waals surface area contributed by atoms with Crippen LogP contribution in [0.15, 0.2) is 34.9 Å². The van der Waals surface area contributed by atoms with Crippen LogP contribution in [0.3, 0.4) is 0 Å². The predicted molar refractivity (Wildman–Crippen MR) is 64.7 cm³/mol. The monoisotopic (exact) mass is 236 g/mol. The summed E-state index contributed by atoms with van der Waals surface area (Å²) in [4.78, 5) is 11.5. The lowest BCUT2D eigenvalue weighted by molar-refractivity contribution is -0.113. The highest BCUT2D eigenvalue weighted by atomic mass is 35.5. The molecular formula is C13H13ClO2. The van der Waals surface area contributed by atoms with E-state index in [1.54, 1.807) is 6.26 Å². The zero-order valence-electron chi connectivity index (χ0n) is 9.24. The van der Waals surface area contributed by atoms with Gasteiger partial charge in [-0.1, -0.05) is 32.0 Å². The highest BCUT2D eigenvalue weighted by Crippen LogP contribution is 2.33. The molecule has 0 N–H and O–H groups in total. The summed E-state index contributed by atoms with van der Waals surface area (Å²) in [6, 6.07) is 7.66. The summed E-state index contributed by atoms with van der Waals surface area (Å²) >= 11 is 5.65. The molecule has 0 aliphatic carbocycles. The van der Waals surface area contributed by atoms with E-state index in [9.17, 15) is 4.79 Å². The van der Waals surface area contributed by atoms with Gasteiger partial charge in [0.05, 0.1) is 12.2 Å². The van der Waals surface area contributed by atoms with Crippen molar-refractivity contribution in [2.24, 2.45) is 5.92 Å². The molecule has 0 radical (unpaired) electrons. The van der Waals surface area contributed by atoms with Gasteiger partial charge >= 0.3 is 0 Å². The van der Waals surface area contributed by atoms with Crippen LogP contribution >= 0.6 is 11.6 Å². The molecule has 1 heterocycles. The molecule has 2 nitrogen and oxygen atoms in total. The van der Waals surface area contributed by atoms with Crippen molar-refractivity contribution in [3.8, 4) is 0 Å². The maximum absolute atomic E-state index is 11.5. The number of halogens is 1. The minimum atomic E-state index is -0.332.